The van der Waals surface area contributed by atoms with Crippen LogP contribution in [0.25, 0.3) is 0 Å². The Morgan fingerprint density at radius 1 is 1.03 bits per heavy atom. The molecule has 3 saturated carbocycles. The highest BCUT2D eigenvalue weighted by Gasteiger charge is 2.59. The lowest BCUT2D eigenvalue weighted by Gasteiger charge is -2.58. The van der Waals surface area contributed by atoms with Gasteiger partial charge in [0.05, 0.1) is 11.6 Å². The van der Waals surface area contributed by atoms with Gasteiger partial charge < -0.3 is 14.8 Å². The van der Waals surface area contributed by atoms with Gasteiger partial charge in [-0.2, -0.15) is 0 Å². The molecule has 0 bridgehead atoms. The fourth-order valence-electron chi connectivity index (χ4n) is 8.81. The maximum Gasteiger partial charge on any atom is 0.407 e. The minimum Gasteiger partial charge on any atom is -0.465 e. The van der Waals surface area contributed by atoms with E-state index in [1.807, 2.05) is 13.0 Å². The number of nitrogens with zero attached hydrogens (tertiary/aromatic N) is 2. The standard InChI is InChI=1S/C28H40N2O5/c1-17(29-35-25(32)18-10-14-30(15-11-18)26(33)34)22-6-7-23-21-5-4-19-16-20(31)8-12-27(19,2)24(21)9-13-28(22,23)3/h16,18,21-24H,4-15H2,1-3H3,(H,33,34)/t21-,22+,23-,24-,27-,28+/m0/s1. The molecule has 35 heavy (non-hydrogen) atoms. The summed E-state index contributed by atoms with van der Waals surface area (Å²) < 4.78 is 0. The zero-order valence-corrected chi connectivity index (χ0v) is 21.4. The number of hydrogen-bond acceptors (Lipinski definition) is 5. The van der Waals surface area contributed by atoms with E-state index in [1.54, 1.807) is 0 Å². The lowest BCUT2D eigenvalue weighted by Crippen LogP contribution is -2.51. The maximum absolute atomic E-state index is 12.6. The van der Waals surface area contributed by atoms with Crippen LogP contribution in [-0.2, 0) is 14.4 Å². The van der Waals surface area contributed by atoms with E-state index < -0.39 is 6.09 Å². The smallest absolute Gasteiger partial charge is 0.407 e. The second-order valence-electron chi connectivity index (χ2n) is 12.3. The predicted molar refractivity (Wildman–Crippen MR) is 132 cm³/mol. The van der Waals surface area contributed by atoms with Gasteiger partial charge in [-0.05, 0) is 99.4 Å². The summed E-state index contributed by atoms with van der Waals surface area (Å²) in [6.07, 6.45) is 10.6. The third-order valence-corrected chi connectivity index (χ3v) is 10.8. The van der Waals surface area contributed by atoms with Crippen LogP contribution in [0.4, 0.5) is 4.79 Å². The summed E-state index contributed by atoms with van der Waals surface area (Å²) in [7, 11) is 0. The number of hydrogen-bond donors (Lipinski definition) is 1. The van der Waals surface area contributed by atoms with Crippen molar-refractivity contribution in [3.05, 3.63) is 11.6 Å². The van der Waals surface area contributed by atoms with E-state index in [0.717, 1.165) is 31.4 Å². The fourth-order valence-corrected chi connectivity index (χ4v) is 8.81. The summed E-state index contributed by atoms with van der Waals surface area (Å²) in [5.41, 5.74) is 2.70. The van der Waals surface area contributed by atoms with Crippen molar-refractivity contribution in [1.29, 1.82) is 0 Å². The maximum atomic E-state index is 12.6. The van der Waals surface area contributed by atoms with E-state index in [1.165, 1.54) is 29.7 Å². The van der Waals surface area contributed by atoms with Crippen molar-refractivity contribution in [3.8, 4) is 0 Å². The van der Waals surface area contributed by atoms with Crippen LogP contribution in [0.5, 0.6) is 0 Å². The number of amides is 1. The molecule has 0 spiro atoms. The Morgan fingerprint density at radius 3 is 2.49 bits per heavy atom. The molecule has 1 amide bonds. The van der Waals surface area contributed by atoms with Gasteiger partial charge in [0.25, 0.3) is 0 Å². The van der Waals surface area contributed by atoms with Crippen LogP contribution in [0, 0.1) is 40.4 Å². The van der Waals surface area contributed by atoms with Crippen molar-refractivity contribution in [3.63, 3.8) is 0 Å². The van der Waals surface area contributed by atoms with E-state index in [4.69, 9.17) is 9.94 Å². The van der Waals surface area contributed by atoms with Gasteiger partial charge in [-0.15, -0.1) is 0 Å². The van der Waals surface area contributed by atoms with Crippen molar-refractivity contribution in [2.75, 3.05) is 13.1 Å². The third-order valence-electron chi connectivity index (χ3n) is 10.8. The highest BCUT2D eigenvalue weighted by molar-refractivity contribution is 5.91. The molecule has 0 aromatic heterocycles. The van der Waals surface area contributed by atoms with Gasteiger partial charge in [-0.25, -0.2) is 9.59 Å². The van der Waals surface area contributed by atoms with Gasteiger partial charge in [-0.1, -0.05) is 24.6 Å². The predicted octanol–water partition coefficient (Wildman–Crippen LogP) is 5.44. The number of piperidine rings is 1. The van der Waals surface area contributed by atoms with Gasteiger partial charge in [0.15, 0.2) is 5.78 Å². The van der Waals surface area contributed by atoms with Crippen LogP contribution >= 0.6 is 0 Å². The molecule has 0 aromatic carbocycles. The molecule has 1 saturated heterocycles. The van der Waals surface area contributed by atoms with Gasteiger partial charge in [0, 0.05) is 25.4 Å². The zero-order chi connectivity index (χ0) is 25.0. The van der Waals surface area contributed by atoms with Crippen LogP contribution in [0.1, 0.15) is 85.0 Å². The average Bonchev–Trinajstić information content (AvgIpc) is 3.20. The van der Waals surface area contributed by atoms with Crippen LogP contribution in [0.3, 0.4) is 0 Å². The Morgan fingerprint density at radius 2 is 1.77 bits per heavy atom. The van der Waals surface area contributed by atoms with Crippen LogP contribution in [0.2, 0.25) is 0 Å². The first kappa shape index (κ1) is 24.5. The van der Waals surface area contributed by atoms with E-state index in [-0.39, 0.29) is 22.7 Å². The van der Waals surface area contributed by atoms with Crippen molar-refractivity contribution in [2.24, 2.45) is 45.6 Å². The summed E-state index contributed by atoms with van der Waals surface area (Å²) >= 11 is 0. The monoisotopic (exact) mass is 484 g/mol. The Balaban J connectivity index is 1.24. The van der Waals surface area contributed by atoms with E-state index in [2.05, 4.69) is 19.0 Å². The number of fused-ring (bicyclic) bond motifs is 5. The molecule has 5 rings (SSSR count). The molecule has 1 aliphatic heterocycles. The SMILES string of the molecule is CC(=NOC(=O)C1CCN(C(=O)O)CC1)[C@H]1CC[C@H]2[C@@H]3CCC4=CC(=O)CC[C@]4(C)[C@H]3CC[C@]12C. The molecule has 0 aromatic rings. The molecule has 1 heterocycles. The summed E-state index contributed by atoms with van der Waals surface area (Å²) in [4.78, 5) is 42.6. The Hall–Kier alpha value is -2.18. The van der Waals surface area contributed by atoms with Crippen molar-refractivity contribution < 1.29 is 24.3 Å². The first-order valence-corrected chi connectivity index (χ1v) is 13.6. The molecular weight excluding hydrogens is 444 g/mol. The molecule has 192 valence electrons. The van der Waals surface area contributed by atoms with Crippen molar-refractivity contribution in [1.82, 2.24) is 4.90 Å². The number of carboxylic acid groups (broad SMARTS) is 1. The van der Waals surface area contributed by atoms with Gasteiger partial charge in [0.2, 0.25) is 0 Å². The first-order chi connectivity index (χ1) is 16.6. The Kier molecular flexibility index (Phi) is 6.33. The molecule has 0 radical (unpaired) electrons. The normalized spacial score (nSPS) is 39.9. The molecule has 7 nitrogen and oxygen atoms in total. The van der Waals surface area contributed by atoms with Crippen molar-refractivity contribution in [2.45, 2.75) is 85.0 Å². The van der Waals surface area contributed by atoms with E-state index >= 15 is 0 Å². The number of likely N-dealkylation sites (tertiary alicyclic amines) is 1. The van der Waals surface area contributed by atoms with Crippen LogP contribution < -0.4 is 0 Å². The molecule has 7 heteroatoms. The molecular formula is C28H40N2O5. The third kappa shape index (κ3) is 4.13. The first-order valence-electron chi connectivity index (χ1n) is 13.6. The largest absolute Gasteiger partial charge is 0.465 e. The number of rotatable bonds is 3. The minimum atomic E-state index is -0.930. The van der Waals surface area contributed by atoms with Crippen molar-refractivity contribution >= 4 is 23.6 Å². The van der Waals surface area contributed by atoms with Gasteiger partial charge in [0.1, 0.15) is 0 Å². The molecule has 5 aliphatic rings. The second-order valence-corrected chi connectivity index (χ2v) is 12.3. The zero-order valence-electron chi connectivity index (χ0n) is 21.4. The van der Waals surface area contributed by atoms with Crippen LogP contribution in [-0.4, -0.2) is 46.7 Å². The van der Waals surface area contributed by atoms with Crippen LogP contribution in [0.15, 0.2) is 16.8 Å². The summed E-state index contributed by atoms with van der Waals surface area (Å²) in [5.74, 6) is 2.05. The lowest BCUT2D eigenvalue weighted by molar-refractivity contribution is -0.150. The topological polar surface area (TPSA) is 96.3 Å². The van der Waals surface area contributed by atoms with E-state index in [0.29, 0.717) is 61.8 Å². The summed E-state index contributed by atoms with van der Waals surface area (Å²) in [6.45, 7) is 7.61. The minimum absolute atomic E-state index is 0.177. The number of oxime groups is 1. The lowest BCUT2D eigenvalue weighted by atomic mass is 9.46. The number of carbonyl (C=O) groups is 3. The fraction of sp³-hybridized carbons (Fsp3) is 0.786. The summed E-state index contributed by atoms with van der Waals surface area (Å²) in [6, 6.07) is 0. The summed E-state index contributed by atoms with van der Waals surface area (Å²) in [5, 5.41) is 13.5. The number of allylic oxidation sites excluding steroid dienone is 1. The van der Waals surface area contributed by atoms with Gasteiger partial charge in [-0.3, -0.25) is 4.79 Å². The number of ketones is 1. The average molecular weight is 485 g/mol. The van der Waals surface area contributed by atoms with E-state index in [9.17, 15) is 14.4 Å². The molecule has 6 atom stereocenters. The highest BCUT2D eigenvalue weighted by Crippen LogP contribution is 2.66. The Labute approximate surface area is 208 Å². The van der Waals surface area contributed by atoms with Gasteiger partial charge >= 0.3 is 12.1 Å². The molecule has 4 aliphatic carbocycles. The quantitative estimate of drug-likeness (QED) is 0.327. The second kappa shape index (κ2) is 9.04. The highest BCUT2D eigenvalue weighted by atomic mass is 16.7. The molecule has 4 fully saturated rings. The Bertz CT molecular complexity index is 964. The number of carbonyl (C=O) groups excluding carboxylic acids is 2. The molecule has 1 N–H and O–H groups in total. The molecule has 0 unspecified atom stereocenters.